The summed E-state index contributed by atoms with van der Waals surface area (Å²) >= 11 is 0. The maximum absolute atomic E-state index is 11.7. The van der Waals surface area contributed by atoms with Gasteiger partial charge in [0.15, 0.2) is 0 Å². The van der Waals surface area contributed by atoms with Crippen LogP contribution in [0.25, 0.3) is 5.57 Å². The number of likely N-dealkylation sites (tertiary alicyclic amines) is 1. The lowest BCUT2D eigenvalue weighted by Gasteiger charge is -2.39. The van der Waals surface area contributed by atoms with Gasteiger partial charge in [-0.15, -0.1) is 0 Å². The zero-order valence-corrected chi connectivity index (χ0v) is 20.5. The molecule has 1 fully saturated rings. The van der Waals surface area contributed by atoms with Crippen molar-refractivity contribution in [3.8, 4) is 17.6 Å². The molecule has 0 atom stereocenters. The van der Waals surface area contributed by atoms with E-state index in [-0.39, 0.29) is 17.9 Å². The highest BCUT2D eigenvalue weighted by atomic mass is 16.5. The van der Waals surface area contributed by atoms with Crippen molar-refractivity contribution >= 4 is 11.5 Å². The highest BCUT2D eigenvalue weighted by molar-refractivity contribution is 5.79. The molecule has 178 valence electrons. The average Bonchev–Trinajstić information content (AvgIpc) is 2.80. The summed E-state index contributed by atoms with van der Waals surface area (Å²) < 4.78 is 11.8. The topological polar surface area (TPSA) is 74.6 Å². The van der Waals surface area contributed by atoms with Gasteiger partial charge in [-0.25, -0.2) is 0 Å². The molecule has 0 bridgehead atoms. The number of carbonyl (C=O) groups excluding carboxylic acids is 1. The van der Waals surface area contributed by atoms with Crippen LogP contribution < -0.4 is 14.8 Å². The van der Waals surface area contributed by atoms with Gasteiger partial charge in [-0.05, 0) is 80.1 Å². The summed E-state index contributed by atoms with van der Waals surface area (Å²) in [6.07, 6.45) is 2.05. The molecule has 2 aromatic rings. The molecule has 1 heterocycles. The molecule has 0 saturated carbocycles. The van der Waals surface area contributed by atoms with E-state index >= 15 is 0 Å². The summed E-state index contributed by atoms with van der Waals surface area (Å²) in [5.41, 5.74) is 6.87. The Balaban J connectivity index is 1.38. The van der Waals surface area contributed by atoms with Crippen molar-refractivity contribution in [3.63, 3.8) is 0 Å². The van der Waals surface area contributed by atoms with Crippen LogP contribution in [0.3, 0.4) is 0 Å². The standard InChI is InChI=1S/C28H33N3O3/c1-18(2)34-27-10-5-20(11-23(27)13-29)17-33-25-8-9-26-19(3)22(7-6-21(26)12-25)14-31-15-24(16-31)28(32)30-4/h5,8-12,18,24H,6-7,14-17H2,1-4H3,(H,30,32). The molecule has 1 aliphatic carbocycles. The molecule has 0 radical (unpaired) electrons. The van der Waals surface area contributed by atoms with Crippen LogP contribution in [0.15, 0.2) is 42.0 Å². The monoisotopic (exact) mass is 459 g/mol. The van der Waals surface area contributed by atoms with Crippen LogP contribution in [0.1, 0.15) is 49.4 Å². The van der Waals surface area contributed by atoms with Crippen molar-refractivity contribution in [1.29, 1.82) is 5.26 Å². The van der Waals surface area contributed by atoms with Crippen LogP contribution in [-0.2, 0) is 17.8 Å². The maximum atomic E-state index is 11.7. The van der Waals surface area contributed by atoms with E-state index in [0.29, 0.717) is 17.9 Å². The Labute approximate surface area is 202 Å². The lowest BCUT2D eigenvalue weighted by Crippen LogP contribution is -2.53. The fourth-order valence-corrected chi connectivity index (χ4v) is 4.71. The van der Waals surface area contributed by atoms with Crippen LogP contribution in [-0.4, -0.2) is 43.6 Å². The number of allylic oxidation sites excluding steroid dienone is 1. The Morgan fingerprint density at radius 2 is 2.00 bits per heavy atom. The number of benzene rings is 2. The van der Waals surface area contributed by atoms with Crippen molar-refractivity contribution in [3.05, 3.63) is 64.2 Å². The molecule has 6 nitrogen and oxygen atoms in total. The van der Waals surface area contributed by atoms with E-state index in [1.807, 2.05) is 38.1 Å². The Bertz CT molecular complexity index is 1140. The summed E-state index contributed by atoms with van der Waals surface area (Å²) in [5, 5.41) is 12.2. The van der Waals surface area contributed by atoms with Crippen molar-refractivity contribution in [1.82, 2.24) is 10.2 Å². The third-order valence-electron chi connectivity index (χ3n) is 6.63. The molecule has 4 rings (SSSR count). The lowest BCUT2D eigenvalue weighted by molar-refractivity contribution is -0.129. The Morgan fingerprint density at radius 1 is 1.21 bits per heavy atom. The second-order valence-corrected chi connectivity index (χ2v) is 9.45. The predicted molar refractivity (Wildman–Crippen MR) is 133 cm³/mol. The van der Waals surface area contributed by atoms with E-state index in [1.54, 1.807) is 7.05 Å². The SMILES string of the molecule is CNC(=O)C1CN(CC2=C(C)c3ccc(OCc4ccc(OC(C)C)c(C#N)c4)cc3CC2)C1. The Morgan fingerprint density at radius 3 is 2.71 bits per heavy atom. The van der Waals surface area contributed by atoms with Gasteiger partial charge in [-0.1, -0.05) is 17.7 Å². The van der Waals surface area contributed by atoms with Crippen LogP contribution in [0.2, 0.25) is 0 Å². The second-order valence-electron chi connectivity index (χ2n) is 9.45. The smallest absolute Gasteiger partial charge is 0.225 e. The van der Waals surface area contributed by atoms with Crippen molar-refractivity contribution < 1.29 is 14.3 Å². The number of aryl methyl sites for hydroxylation is 1. The number of carbonyl (C=O) groups is 1. The van der Waals surface area contributed by atoms with Crippen LogP contribution in [0, 0.1) is 17.2 Å². The van der Waals surface area contributed by atoms with Crippen molar-refractivity contribution in [2.45, 2.75) is 46.3 Å². The van der Waals surface area contributed by atoms with E-state index in [1.165, 1.54) is 22.3 Å². The van der Waals surface area contributed by atoms with E-state index < -0.39 is 0 Å². The van der Waals surface area contributed by atoms with E-state index in [0.717, 1.165) is 43.8 Å². The highest BCUT2D eigenvalue weighted by Crippen LogP contribution is 2.35. The number of nitrogens with one attached hydrogen (secondary N) is 1. The largest absolute Gasteiger partial charge is 0.490 e. The van der Waals surface area contributed by atoms with Gasteiger partial charge in [0.2, 0.25) is 5.91 Å². The molecule has 1 N–H and O–H groups in total. The average molecular weight is 460 g/mol. The molecule has 0 unspecified atom stereocenters. The fourth-order valence-electron chi connectivity index (χ4n) is 4.71. The second kappa shape index (κ2) is 10.3. The quantitative estimate of drug-likeness (QED) is 0.636. The number of rotatable bonds is 8. The first-order chi connectivity index (χ1) is 16.4. The Kier molecular flexibility index (Phi) is 7.23. The van der Waals surface area contributed by atoms with E-state index in [2.05, 4.69) is 35.3 Å². The van der Waals surface area contributed by atoms with Crippen LogP contribution in [0.4, 0.5) is 0 Å². The van der Waals surface area contributed by atoms with Gasteiger partial charge in [0.05, 0.1) is 17.6 Å². The van der Waals surface area contributed by atoms with E-state index in [9.17, 15) is 10.1 Å². The minimum absolute atomic E-state index is 0.0214. The first kappa shape index (κ1) is 23.8. The molecule has 2 aromatic carbocycles. The molecule has 1 saturated heterocycles. The summed E-state index contributed by atoms with van der Waals surface area (Å²) in [5.74, 6) is 1.72. The number of ether oxygens (including phenoxy) is 2. The molecule has 0 spiro atoms. The molecular formula is C28H33N3O3. The fraction of sp³-hybridized carbons (Fsp3) is 0.429. The van der Waals surface area contributed by atoms with Gasteiger partial charge in [0, 0.05) is 26.7 Å². The number of hydrogen-bond donors (Lipinski definition) is 1. The summed E-state index contributed by atoms with van der Waals surface area (Å²) in [6, 6.07) is 14.2. The molecule has 1 aliphatic heterocycles. The number of nitrogens with zero attached hydrogens (tertiary/aromatic N) is 2. The summed E-state index contributed by atoms with van der Waals surface area (Å²) in [4.78, 5) is 14.1. The van der Waals surface area contributed by atoms with Gasteiger partial charge in [0.25, 0.3) is 0 Å². The molecule has 0 aromatic heterocycles. The number of hydrogen-bond acceptors (Lipinski definition) is 5. The molecule has 34 heavy (non-hydrogen) atoms. The first-order valence-electron chi connectivity index (χ1n) is 12.0. The third kappa shape index (κ3) is 5.26. The van der Waals surface area contributed by atoms with Gasteiger partial charge in [-0.3, -0.25) is 9.69 Å². The van der Waals surface area contributed by atoms with Gasteiger partial charge in [0.1, 0.15) is 24.2 Å². The minimum atomic E-state index is 0.0214. The van der Waals surface area contributed by atoms with E-state index in [4.69, 9.17) is 9.47 Å². The lowest BCUT2D eigenvalue weighted by atomic mass is 9.85. The molecule has 6 heteroatoms. The summed E-state index contributed by atoms with van der Waals surface area (Å²) in [6.45, 7) is 9.12. The number of fused-ring (bicyclic) bond motifs is 1. The zero-order valence-electron chi connectivity index (χ0n) is 20.5. The first-order valence-corrected chi connectivity index (χ1v) is 12.0. The predicted octanol–water partition coefficient (Wildman–Crippen LogP) is 4.32. The van der Waals surface area contributed by atoms with Crippen molar-refractivity contribution in [2.24, 2.45) is 5.92 Å². The van der Waals surface area contributed by atoms with Gasteiger partial charge in [-0.2, -0.15) is 5.26 Å². The molecule has 1 amide bonds. The van der Waals surface area contributed by atoms with Crippen LogP contribution in [0.5, 0.6) is 11.5 Å². The highest BCUT2D eigenvalue weighted by Gasteiger charge is 2.32. The molecular weight excluding hydrogens is 426 g/mol. The minimum Gasteiger partial charge on any atom is -0.490 e. The van der Waals surface area contributed by atoms with Crippen molar-refractivity contribution in [2.75, 3.05) is 26.7 Å². The number of amides is 1. The third-order valence-corrected chi connectivity index (χ3v) is 6.63. The Hall–Kier alpha value is -3.30. The summed E-state index contributed by atoms with van der Waals surface area (Å²) in [7, 11) is 1.70. The normalized spacial score (nSPS) is 16.0. The zero-order chi connectivity index (χ0) is 24.2. The van der Waals surface area contributed by atoms with Gasteiger partial charge < -0.3 is 14.8 Å². The van der Waals surface area contributed by atoms with Gasteiger partial charge >= 0.3 is 0 Å². The maximum Gasteiger partial charge on any atom is 0.225 e. The molecule has 2 aliphatic rings. The van der Waals surface area contributed by atoms with Crippen LogP contribution >= 0.6 is 0 Å². The number of nitriles is 1.